The van der Waals surface area contributed by atoms with Crippen molar-refractivity contribution >= 4 is 17.7 Å². The van der Waals surface area contributed by atoms with E-state index in [0.29, 0.717) is 31.8 Å². The second-order valence-corrected chi connectivity index (χ2v) is 5.74. The topological polar surface area (TPSA) is 79.8 Å². The van der Waals surface area contributed by atoms with Crippen molar-refractivity contribution in [3.8, 4) is 5.88 Å². The van der Waals surface area contributed by atoms with Crippen LogP contribution in [0.4, 0.5) is 0 Å². The monoisotopic (exact) mass is 317 g/mol. The summed E-state index contributed by atoms with van der Waals surface area (Å²) in [4.78, 5) is 42.3. The molecule has 0 aliphatic carbocycles. The number of pyridine rings is 1. The molecule has 0 N–H and O–H groups in total. The third-order valence-electron chi connectivity index (χ3n) is 4.17. The van der Waals surface area contributed by atoms with E-state index in [-0.39, 0.29) is 43.2 Å². The van der Waals surface area contributed by atoms with Gasteiger partial charge in [0.05, 0.1) is 0 Å². The van der Waals surface area contributed by atoms with E-state index in [1.165, 1.54) is 0 Å². The number of nitrogens with zero attached hydrogens (tertiary/aromatic N) is 3. The molecule has 0 saturated carbocycles. The van der Waals surface area contributed by atoms with Crippen LogP contribution in [0.2, 0.25) is 0 Å². The Balaban J connectivity index is 1.48. The summed E-state index contributed by atoms with van der Waals surface area (Å²) in [6.07, 6.45) is 3.56. The summed E-state index contributed by atoms with van der Waals surface area (Å²) >= 11 is 0. The Labute approximate surface area is 134 Å². The van der Waals surface area contributed by atoms with E-state index in [2.05, 4.69) is 4.98 Å². The third-order valence-corrected chi connectivity index (χ3v) is 4.17. The number of carbonyl (C=O) groups excluding carboxylic acids is 3. The van der Waals surface area contributed by atoms with E-state index in [1.807, 2.05) is 18.2 Å². The summed E-state index contributed by atoms with van der Waals surface area (Å²) in [7, 11) is 0. The molecule has 3 rings (SSSR count). The molecule has 0 spiro atoms. The van der Waals surface area contributed by atoms with Gasteiger partial charge in [0.25, 0.3) is 0 Å². The van der Waals surface area contributed by atoms with E-state index in [0.717, 1.165) is 4.90 Å². The van der Waals surface area contributed by atoms with Crippen molar-refractivity contribution in [2.75, 3.05) is 19.6 Å². The number of rotatable bonds is 4. The minimum absolute atomic E-state index is 0.0315. The number of hydrogen-bond donors (Lipinski definition) is 0. The summed E-state index contributed by atoms with van der Waals surface area (Å²) in [5, 5.41) is 0. The zero-order chi connectivity index (χ0) is 16.2. The largest absolute Gasteiger partial charge is 0.474 e. The summed E-state index contributed by atoms with van der Waals surface area (Å²) < 4.78 is 5.78. The van der Waals surface area contributed by atoms with Crippen LogP contribution in [0.5, 0.6) is 5.88 Å². The minimum Gasteiger partial charge on any atom is -0.474 e. The van der Waals surface area contributed by atoms with Gasteiger partial charge in [0, 0.05) is 51.0 Å². The van der Waals surface area contributed by atoms with Gasteiger partial charge in [0.2, 0.25) is 23.6 Å². The minimum atomic E-state index is -0.253. The number of imide groups is 1. The Morgan fingerprint density at radius 2 is 1.87 bits per heavy atom. The molecule has 2 aliphatic heterocycles. The van der Waals surface area contributed by atoms with Gasteiger partial charge in [0.1, 0.15) is 12.6 Å². The molecule has 23 heavy (non-hydrogen) atoms. The zero-order valence-electron chi connectivity index (χ0n) is 12.8. The number of ether oxygens (including phenoxy) is 1. The number of amides is 3. The molecule has 1 aromatic rings. The average molecular weight is 317 g/mol. The smallest absolute Gasteiger partial charge is 0.242 e. The fraction of sp³-hybridized carbons (Fsp3) is 0.500. The quantitative estimate of drug-likeness (QED) is 0.760. The number of likely N-dealkylation sites (tertiary alicyclic amines) is 2. The van der Waals surface area contributed by atoms with Crippen molar-refractivity contribution in [1.82, 2.24) is 14.8 Å². The lowest BCUT2D eigenvalue weighted by atomic mass is 10.1. The Bertz CT molecular complexity index is 581. The second-order valence-electron chi connectivity index (χ2n) is 5.74. The normalized spacial score (nSPS) is 19.3. The van der Waals surface area contributed by atoms with E-state index in [1.54, 1.807) is 11.1 Å². The number of hydrogen-bond acceptors (Lipinski definition) is 5. The molecule has 1 aromatic heterocycles. The predicted molar refractivity (Wildman–Crippen MR) is 80.4 cm³/mol. The SMILES string of the molecule is O=C(CN1C(=O)CCC1=O)N1CCC(Oc2ccccn2)CC1. The Kier molecular flexibility index (Phi) is 4.55. The maximum absolute atomic E-state index is 12.2. The van der Waals surface area contributed by atoms with Crippen LogP contribution < -0.4 is 4.74 Å². The molecular formula is C16H19N3O4. The lowest BCUT2D eigenvalue weighted by molar-refractivity contribution is -0.146. The molecule has 0 radical (unpaired) electrons. The van der Waals surface area contributed by atoms with Crippen molar-refractivity contribution in [1.29, 1.82) is 0 Å². The van der Waals surface area contributed by atoms with Crippen LogP contribution in [0.1, 0.15) is 25.7 Å². The van der Waals surface area contributed by atoms with Gasteiger partial charge in [-0.25, -0.2) is 4.98 Å². The van der Waals surface area contributed by atoms with Crippen LogP contribution >= 0.6 is 0 Å². The van der Waals surface area contributed by atoms with Crippen molar-refractivity contribution in [2.45, 2.75) is 31.8 Å². The van der Waals surface area contributed by atoms with E-state index in [4.69, 9.17) is 4.74 Å². The van der Waals surface area contributed by atoms with E-state index >= 15 is 0 Å². The van der Waals surface area contributed by atoms with Gasteiger partial charge in [-0.2, -0.15) is 0 Å². The molecular weight excluding hydrogens is 298 g/mol. The summed E-state index contributed by atoms with van der Waals surface area (Å²) in [6.45, 7) is 0.989. The molecule has 7 heteroatoms. The van der Waals surface area contributed by atoms with Gasteiger partial charge >= 0.3 is 0 Å². The van der Waals surface area contributed by atoms with Crippen LogP contribution in [0, 0.1) is 0 Å². The Morgan fingerprint density at radius 3 is 2.48 bits per heavy atom. The lowest BCUT2D eigenvalue weighted by Gasteiger charge is -2.32. The van der Waals surface area contributed by atoms with Crippen molar-refractivity contribution in [2.24, 2.45) is 0 Å². The highest BCUT2D eigenvalue weighted by Crippen LogP contribution is 2.18. The van der Waals surface area contributed by atoms with Crippen molar-refractivity contribution in [3.63, 3.8) is 0 Å². The maximum Gasteiger partial charge on any atom is 0.242 e. The molecule has 0 bridgehead atoms. The molecule has 0 atom stereocenters. The Morgan fingerprint density at radius 1 is 1.17 bits per heavy atom. The number of piperidine rings is 1. The van der Waals surface area contributed by atoms with Crippen LogP contribution in [0.3, 0.4) is 0 Å². The van der Waals surface area contributed by atoms with E-state index in [9.17, 15) is 14.4 Å². The van der Waals surface area contributed by atoms with Crippen LogP contribution in [0.25, 0.3) is 0 Å². The van der Waals surface area contributed by atoms with Gasteiger partial charge in [-0.05, 0) is 6.07 Å². The first-order valence-corrected chi connectivity index (χ1v) is 7.82. The maximum atomic E-state index is 12.2. The van der Waals surface area contributed by atoms with Gasteiger partial charge < -0.3 is 9.64 Å². The molecule has 3 amide bonds. The summed E-state index contributed by atoms with van der Waals surface area (Å²) in [5.74, 6) is -0.0936. The first-order chi connectivity index (χ1) is 11.1. The van der Waals surface area contributed by atoms with E-state index < -0.39 is 0 Å². The molecule has 7 nitrogen and oxygen atoms in total. The molecule has 0 aromatic carbocycles. The molecule has 2 saturated heterocycles. The average Bonchev–Trinajstić information content (AvgIpc) is 2.88. The van der Waals surface area contributed by atoms with Gasteiger partial charge in [-0.15, -0.1) is 0 Å². The first-order valence-electron chi connectivity index (χ1n) is 7.82. The lowest BCUT2D eigenvalue weighted by Crippen LogP contribution is -2.47. The van der Waals surface area contributed by atoms with Gasteiger partial charge in [-0.3, -0.25) is 19.3 Å². The second kappa shape index (κ2) is 6.76. The first kappa shape index (κ1) is 15.5. The Hall–Kier alpha value is -2.44. The van der Waals surface area contributed by atoms with Crippen LogP contribution in [-0.2, 0) is 14.4 Å². The molecule has 2 aliphatic rings. The molecule has 122 valence electrons. The van der Waals surface area contributed by atoms with Gasteiger partial charge in [0.15, 0.2) is 0 Å². The molecule has 0 unspecified atom stereocenters. The molecule has 2 fully saturated rings. The number of carbonyl (C=O) groups is 3. The van der Waals surface area contributed by atoms with Crippen molar-refractivity contribution in [3.05, 3.63) is 24.4 Å². The highest BCUT2D eigenvalue weighted by Gasteiger charge is 2.33. The van der Waals surface area contributed by atoms with Gasteiger partial charge in [-0.1, -0.05) is 6.07 Å². The highest BCUT2D eigenvalue weighted by molar-refractivity contribution is 6.04. The van der Waals surface area contributed by atoms with Crippen LogP contribution in [-0.4, -0.2) is 58.2 Å². The zero-order valence-corrected chi connectivity index (χ0v) is 12.8. The van der Waals surface area contributed by atoms with Crippen molar-refractivity contribution < 1.29 is 19.1 Å². The molecule has 3 heterocycles. The standard InChI is InChI=1S/C16H19N3O4/c20-14-4-5-15(21)19(14)11-16(22)18-9-6-12(7-10-18)23-13-3-1-2-8-17-13/h1-3,8,12H,4-7,9-11H2. The predicted octanol–water partition coefficient (Wildman–Crippen LogP) is 0.600. The van der Waals surface area contributed by atoms with Crippen LogP contribution in [0.15, 0.2) is 24.4 Å². The fourth-order valence-electron chi connectivity index (χ4n) is 2.85. The summed E-state index contributed by atoms with van der Waals surface area (Å²) in [5.41, 5.74) is 0. The third kappa shape index (κ3) is 3.67. The summed E-state index contributed by atoms with van der Waals surface area (Å²) in [6, 6.07) is 5.50. The fourth-order valence-corrected chi connectivity index (χ4v) is 2.85. The highest BCUT2D eigenvalue weighted by atomic mass is 16.5. The number of aromatic nitrogens is 1.